The fourth-order valence-electron chi connectivity index (χ4n) is 2.11. The molecule has 0 saturated carbocycles. The standard InChI is InChI=1S/C16H33NO/c1-4-7-13-17(14-8-5-2)15-11-9-10-12-16(18)6-3/h4-15H2,1-3H3. The van der Waals surface area contributed by atoms with Crippen molar-refractivity contribution < 1.29 is 4.79 Å². The van der Waals surface area contributed by atoms with Crippen molar-refractivity contribution in [3.63, 3.8) is 0 Å². The largest absolute Gasteiger partial charge is 0.303 e. The average Bonchev–Trinajstić information content (AvgIpc) is 2.40. The molecule has 0 rings (SSSR count). The normalized spacial score (nSPS) is 11.1. The van der Waals surface area contributed by atoms with Crippen LogP contribution in [0.2, 0.25) is 0 Å². The van der Waals surface area contributed by atoms with Gasteiger partial charge in [-0.25, -0.2) is 0 Å². The third-order valence-electron chi connectivity index (χ3n) is 3.48. The second-order valence-corrected chi connectivity index (χ2v) is 5.25. The molecular weight excluding hydrogens is 222 g/mol. The van der Waals surface area contributed by atoms with Gasteiger partial charge in [0.25, 0.3) is 0 Å². The van der Waals surface area contributed by atoms with Gasteiger partial charge < -0.3 is 4.90 Å². The van der Waals surface area contributed by atoms with Gasteiger partial charge in [0.05, 0.1) is 0 Å². The van der Waals surface area contributed by atoms with Crippen LogP contribution in [0.5, 0.6) is 0 Å². The Morgan fingerprint density at radius 1 is 0.778 bits per heavy atom. The van der Waals surface area contributed by atoms with E-state index in [1.165, 1.54) is 58.2 Å². The van der Waals surface area contributed by atoms with E-state index < -0.39 is 0 Å². The van der Waals surface area contributed by atoms with E-state index in [4.69, 9.17) is 0 Å². The van der Waals surface area contributed by atoms with Crippen molar-refractivity contribution in [3.05, 3.63) is 0 Å². The van der Waals surface area contributed by atoms with Crippen molar-refractivity contribution in [3.8, 4) is 0 Å². The summed E-state index contributed by atoms with van der Waals surface area (Å²) in [4.78, 5) is 13.8. The van der Waals surface area contributed by atoms with Gasteiger partial charge >= 0.3 is 0 Å². The van der Waals surface area contributed by atoms with Crippen LogP contribution in [0.3, 0.4) is 0 Å². The summed E-state index contributed by atoms with van der Waals surface area (Å²) >= 11 is 0. The molecule has 0 fully saturated rings. The van der Waals surface area contributed by atoms with Gasteiger partial charge in [0.2, 0.25) is 0 Å². The number of Topliss-reactive ketones (excluding diaryl/α,β-unsaturated/α-hetero) is 1. The van der Waals surface area contributed by atoms with Gasteiger partial charge in [-0.3, -0.25) is 4.79 Å². The Balaban J connectivity index is 3.57. The molecule has 0 heterocycles. The smallest absolute Gasteiger partial charge is 0.132 e. The van der Waals surface area contributed by atoms with E-state index in [2.05, 4.69) is 18.7 Å². The molecule has 0 aliphatic rings. The Labute approximate surface area is 114 Å². The van der Waals surface area contributed by atoms with Gasteiger partial charge in [-0.1, -0.05) is 40.0 Å². The molecule has 0 radical (unpaired) electrons. The fraction of sp³-hybridized carbons (Fsp3) is 0.938. The third kappa shape index (κ3) is 10.8. The molecule has 0 spiro atoms. The molecule has 0 aromatic heterocycles. The van der Waals surface area contributed by atoms with E-state index in [1.807, 2.05) is 6.92 Å². The highest BCUT2D eigenvalue weighted by atomic mass is 16.1. The summed E-state index contributed by atoms with van der Waals surface area (Å²) < 4.78 is 0. The molecule has 0 N–H and O–H groups in total. The Hall–Kier alpha value is -0.370. The molecule has 108 valence electrons. The van der Waals surface area contributed by atoms with Crippen molar-refractivity contribution >= 4 is 5.78 Å². The van der Waals surface area contributed by atoms with Gasteiger partial charge in [-0.2, -0.15) is 0 Å². The van der Waals surface area contributed by atoms with E-state index in [0.29, 0.717) is 12.2 Å². The van der Waals surface area contributed by atoms with Gasteiger partial charge in [-0.15, -0.1) is 0 Å². The van der Waals surface area contributed by atoms with E-state index >= 15 is 0 Å². The SMILES string of the molecule is CCCCN(CCCC)CCCCCC(=O)CC. The maximum Gasteiger partial charge on any atom is 0.132 e. The van der Waals surface area contributed by atoms with Gasteiger partial charge in [0, 0.05) is 12.8 Å². The average molecular weight is 255 g/mol. The minimum atomic E-state index is 0.420. The van der Waals surface area contributed by atoms with Gasteiger partial charge in [0.15, 0.2) is 0 Å². The summed E-state index contributed by atoms with van der Waals surface area (Å²) in [5.41, 5.74) is 0. The molecule has 0 aliphatic heterocycles. The number of carbonyl (C=O) groups excluding carboxylic acids is 1. The first-order chi connectivity index (χ1) is 8.74. The summed E-state index contributed by atoms with van der Waals surface area (Å²) in [6.07, 6.45) is 10.3. The Bertz CT molecular complexity index is 184. The van der Waals surface area contributed by atoms with Crippen LogP contribution in [0.1, 0.15) is 78.6 Å². The zero-order valence-corrected chi connectivity index (χ0v) is 12.8. The van der Waals surface area contributed by atoms with Crippen LogP contribution in [0.25, 0.3) is 0 Å². The number of hydrogen-bond donors (Lipinski definition) is 0. The zero-order chi connectivity index (χ0) is 13.6. The highest BCUT2D eigenvalue weighted by Gasteiger charge is 2.04. The first kappa shape index (κ1) is 17.6. The molecule has 0 aliphatic carbocycles. The van der Waals surface area contributed by atoms with Crippen molar-refractivity contribution in [2.45, 2.75) is 78.6 Å². The number of ketones is 1. The monoisotopic (exact) mass is 255 g/mol. The maximum atomic E-state index is 11.2. The highest BCUT2D eigenvalue weighted by Crippen LogP contribution is 2.06. The second kappa shape index (κ2) is 13.1. The van der Waals surface area contributed by atoms with Crippen LogP contribution in [-0.4, -0.2) is 30.3 Å². The highest BCUT2D eigenvalue weighted by molar-refractivity contribution is 5.77. The molecule has 0 amide bonds. The molecule has 0 saturated heterocycles. The molecule has 2 nitrogen and oxygen atoms in total. The number of carbonyl (C=O) groups is 1. The molecule has 0 atom stereocenters. The first-order valence-electron chi connectivity index (χ1n) is 7.98. The van der Waals surface area contributed by atoms with E-state index in [-0.39, 0.29) is 0 Å². The van der Waals surface area contributed by atoms with Gasteiger partial charge in [0.1, 0.15) is 5.78 Å². The molecule has 0 unspecified atom stereocenters. The lowest BCUT2D eigenvalue weighted by atomic mass is 10.1. The summed E-state index contributed by atoms with van der Waals surface area (Å²) in [6.45, 7) is 10.2. The first-order valence-corrected chi connectivity index (χ1v) is 7.98. The second-order valence-electron chi connectivity index (χ2n) is 5.25. The predicted molar refractivity (Wildman–Crippen MR) is 80.0 cm³/mol. The van der Waals surface area contributed by atoms with Gasteiger partial charge in [-0.05, 0) is 45.3 Å². The van der Waals surface area contributed by atoms with E-state index in [9.17, 15) is 4.79 Å². The van der Waals surface area contributed by atoms with Crippen LogP contribution in [0, 0.1) is 0 Å². The number of unbranched alkanes of at least 4 members (excludes halogenated alkanes) is 4. The Morgan fingerprint density at radius 3 is 1.83 bits per heavy atom. The van der Waals surface area contributed by atoms with Crippen LogP contribution in [-0.2, 0) is 4.79 Å². The molecule has 0 bridgehead atoms. The lowest BCUT2D eigenvalue weighted by molar-refractivity contribution is -0.118. The van der Waals surface area contributed by atoms with Crippen LogP contribution in [0.15, 0.2) is 0 Å². The predicted octanol–water partition coefficient (Wildman–Crippen LogP) is 4.43. The van der Waals surface area contributed by atoms with Crippen molar-refractivity contribution in [1.29, 1.82) is 0 Å². The minimum Gasteiger partial charge on any atom is -0.303 e. The summed E-state index contributed by atoms with van der Waals surface area (Å²) in [5.74, 6) is 0.420. The summed E-state index contributed by atoms with van der Waals surface area (Å²) in [6, 6.07) is 0. The molecule has 18 heavy (non-hydrogen) atoms. The van der Waals surface area contributed by atoms with E-state index in [1.54, 1.807) is 0 Å². The lowest BCUT2D eigenvalue weighted by Crippen LogP contribution is -2.27. The van der Waals surface area contributed by atoms with E-state index in [0.717, 1.165) is 12.8 Å². The zero-order valence-electron chi connectivity index (χ0n) is 12.8. The quantitative estimate of drug-likeness (QED) is 0.454. The van der Waals surface area contributed by atoms with Crippen molar-refractivity contribution in [1.82, 2.24) is 4.90 Å². The van der Waals surface area contributed by atoms with Crippen molar-refractivity contribution in [2.75, 3.05) is 19.6 Å². The fourth-order valence-corrected chi connectivity index (χ4v) is 2.11. The van der Waals surface area contributed by atoms with Crippen LogP contribution >= 0.6 is 0 Å². The van der Waals surface area contributed by atoms with Crippen LogP contribution in [0.4, 0.5) is 0 Å². The molecule has 2 heteroatoms. The summed E-state index contributed by atoms with van der Waals surface area (Å²) in [5, 5.41) is 0. The lowest BCUT2D eigenvalue weighted by Gasteiger charge is -2.21. The Kier molecular flexibility index (Phi) is 12.8. The van der Waals surface area contributed by atoms with Crippen LogP contribution < -0.4 is 0 Å². The maximum absolute atomic E-state index is 11.2. The minimum absolute atomic E-state index is 0.420. The molecular formula is C16H33NO. The Morgan fingerprint density at radius 2 is 1.33 bits per heavy atom. The molecule has 0 aromatic rings. The third-order valence-corrected chi connectivity index (χ3v) is 3.48. The van der Waals surface area contributed by atoms with Crippen molar-refractivity contribution in [2.24, 2.45) is 0 Å². The number of rotatable bonds is 13. The molecule has 0 aromatic carbocycles. The number of hydrogen-bond acceptors (Lipinski definition) is 2. The summed E-state index contributed by atoms with van der Waals surface area (Å²) in [7, 11) is 0. The topological polar surface area (TPSA) is 20.3 Å². The number of nitrogens with zero attached hydrogens (tertiary/aromatic N) is 1.